The molecule has 2 aromatic rings. The second-order valence-corrected chi connectivity index (χ2v) is 8.89. The van der Waals surface area contributed by atoms with Crippen LogP contribution in [0.15, 0.2) is 48.5 Å². The molecular weight excluding hydrogens is 380 g/mol. The van der Waals surface area contributed by atoms with Gasteiger partial charge in [0.2, 0.25) is 7.37 Å². The lowest BCUT2D eigenvalue weighted by Gasteiger charge is -2.17. The number of nitrogens with one attached hydrogen (secondary N) is 1. The maximum absolute atomic E-state index is 12.3. The molecule has 0 amide bonds. The maximum Gasteiger partial charge on any atom is 0.207 e. The topological polar surface area (TPSA) is 69.6 Å². The van der Waals surface area contributed by atoms with Gasteiger partial charge < -0.3 is 15.3 Å². The predicted octanol–water partition coefficient (Wildman–Crippen LogP) is 3.99. The Morgan fingerprint density at radius 1 is 1.08 bits per heavy atom. The van der Waals surface area contributed by atoms with E-state index in [1.165, 1.54) is 0 Å². The molecule has 0 bridgehead atoms. The lowest BCUT2D eigenvalue weighted by atomic mass is 10.2. The Bertz CT molecular complexity index is 692. The number of rotatable bonds is 8. The summed E-state index contributed by atoms with van der Waals surface area (Å²) in [6.45, 7) is 2.81. The van der Waals surface area contributed by atoms with Crippen molar-refractivity contribution in [1.29, 1.82) is 0 Å². The molecule has 1 unspecified atom stereocenters. The summed E-state index contributed by atoms with van der Waals surface area (Å²) < 4.78 is 12.3. The largest absolute Gasteiger partial charge is 0.391 e. The molecule has 0 saturated carbocycles. The Hall–Kier alpha value is -0.870. The van der Waals surface area contributed by atoms with Gasteiger partial charge in [-0.25, -0.2) is 0 Å². The van der Waals surface area contributed by atoms with Crippen molar-refractivity contribution in [3.63, 3.8) is 0 Å². The van der Waals surface area contributed by atoms with Gasteiger partial charge >= 0.3 is 0 Å². The van der Waals surface area contributed by atoms with Crippen molar-refractivity contribution in [2.45, 2.75) is 25.7 Å². The van der Waals surface area contributed by atoms with E-state index in [1.807, 2.05) is 43.3 Å². The van der Waals surface area contributed by atoms with Gasteiger partial charge in [-0.1, -0.05) is 53.6 Å². The van der Waals surface area contributed by atoms with Crippen LogP contribution in [0.25, 0.3) is 0 Å². The first-order valence-corrected chi connectivity index (χ1v) is 10.2. The minimum absolute atomic E-state index is 0. The Labute approximate surface area is 160 Å². The second kappa shape index (κ2) is 10.3. The highest BCUT2D eigenvalue weighted by Gasteiger charge is 2.23. The highest BCUT2D eigenvalue weighted by atomic mass is 35.5. The molecule has 0 aliphatic rings. The zero-order valence-electron chi connectivity index (χ0n) is 14.1. The summed E-state index contributed by atoms with van der Waals surface area (Å²) >= 11 is 5.82. The summed E-state index contributed by atoms with van der Waals surface area (Å²) in [5.74, 6) is 0. The van der Waals surface area contributed by atoms with Crippen LogP contribution in [-0.4, -0.2) is 28.8 Å². The SMILES string of the molecule is Cc1ccc(CP(=O)(O)C[C@@H](O)CNCc2ccc(Cl)cc2)cc1.Cl. The van der Waals surface area contributed by atoms with E-state index < -0.39 is 13.5 Å². The monoisotopic (exact) mass is 403 g/mol. The molecule has 25 heavy (non-hydrogen) atoms. The highest BCUT2D eigenvalue weighted by molar-refractivity contribution is 7.57. The van der Waals surface area contributed by atoms with E-state index in [0.29, 0.717) is 11.6 Å². The third-order valence-electron chi connectivity index (χ3n) is 3.67. The van der Waals surface area contributed by atoms with Gasteiger partial charge in [0.25, 0.3) is 0 Å². The summed E-state index contributed by atoms with van der Waals surface area (Å²) in [5.41, 5.74) is 2.96. The van der Waals surface area contributed by atoms with Crippen molar-refractivity contribution in [2.75, 3.05) is 12.7 Å². The van der Waals surface area contributed by atoms with Crippen LogP contribution >= 0.6 is 31.4 Å². The molecule has 2 atom stereocenters. The van der Waals surface area contributed by atoms with Crippen molar-refractivity contribution in [3.05, 3.63) is 70.2 Å². The van der Waals surface area contributed by atoms with Gasteiger partial charge in [-0.3, -0.25) is 4.57 Å². The molecule has 0 aliphatic heterocycles. The zero-order chi connectivity index (χ0) is 17.6. The van der Waals surface area contributed by atoms with Crippen molar-refractivity contribution < 1.29 is 14.6 Å². The number of aryl methyl sites for hydroxylation is 1. The Kier molecular flexibility index (Phi) is 9.15. The minimum Gasteiger partial charge on any atom is -0.391 e. The van der Waals surface area contributed by atoms with E-state index in [4.69, 9.17) is 11.6 Å². The minimum atomic E-state index is -3.41. The zero-order valence-corrected chi connectivity index (χ0v) is 16.5. The molecule has 0 heterocycles. The lowest BCUT2D eigenvalue weighted by Crippen LogP contribution is -2.29. The van der Waals surface area contributed by atoms with E-state index in [2.05, 4.69) is 5.32 Å². The van der Waals surface area contributed by atoms with E-state index in [-0.39, 0.29) is 31.3 Å². The van der Waals surface area contributed by atoms with Crippen molar-refractivity contribution >= 4 is 31.4 Å². The van der Waals surface area contributed by atoms with Crippen LogP contribution in [0, 0.1) is 6.92 Å². The number of hydrogen-bond acceptors (Lipinski definition) is 3. The fourth-order valence-corrected chi connectivity index (χ4v) is 4.25. The van der Waals surface area contributed by atoms with Gasteiger partial charge in [-0.2, -0.15) is 0 Å². The molecule has 0 aromatic heterocycles. The summed E-state index contributed by atoms with van der Waals surface area (Å²) in [6, 6.07) is 14.9. The summed E-state index contributed by atoms with van der Waals surface area (Å²) in [5, 5.41) is 13.8. The summed E-state index contributed by atoms with van der Waals surface area (Å²) in [6.07, 6.45) is -0.894. The fourth-order valence-electron chi connectivity index (χ4n) is 2.42. The first kappa shape index (κ1) is 22.2. The Balaban J connectivity index is 0.00000312. The Morgan fingerprint density at radius 2 is 1.64 bits per heavy atom. The van der Waals surface area contributed by atoms with Crippen LogP contribution in [0.2, 0.25) is 5.02 Å². The third-order valence-corrected chi connectivity index (χ3v) is 5.77. The smallest absolute Gasteiger partial charge is 0.207 e. The standard InChI is InChI=1S/C18H23ClNO3P.ClH/c1-14-2-4-16(5-3-14)12-24(22,23)13-18(21)11-20-10-15-6-8-17(19)9-7-15;/h2-9,18,20-21H,10-13H2,1H3,(H,22,23);1H/t18-;/m0./s1. The molecule has 138 valence electrons. The van der Waals surface area contributed by atoms with E-state index in [1.54, 1.807) is 12.1 Å². The summed E-state index contributed by atoms with van der Waals surface area (Å²) in [4.78, 5) is 10.1. The van der Waals surface area contributed by atoms with Crippen LogP contribution in [0.3, 0.4) is 0 Å². The molecule has 0 saturated heterocycles. The number of hydrogen-bond donors (Lipinski definition) is 3. The van der Waals surface area contributed by atoms with Gasteiger partial charge in [0, 0.05) is 24.3 Å². The quantitative estimate of drug-likeness (QED) is 0.582. The average Bonchev–Trinajstić information content (AvgIpc) is 2.51. The molecule has 0 aliphatic carbocycles. The van der Waals surface area contributed by atoms with Crippen molar-refractivity contribution in [1.82, 2.24) is 5.32 Å². The predicted molar refractivity (Wildman–Crippen MR) is 106 cm³/mol. The molecule has 4 nitrogen and oxygen atoms in total. The van der Waals surface area contributed by atoms with Crippen molar-refractivity contribution in [2.24, 2.45) is 0 Å². The fraction of sp³-hybridized carbons (Fsp3) is 0.333. The van der Waals surface area contributed by atoms with E-state index in [0.717, 1.165) is 16.7 Å². The number of aliphatic hydroxyl groups excluding tert-OH is 1. The van der Waals surface area contributed by atoms with Gasteiger partial charge in [-0.15, -0.1) is 12.4 Å². The van der Waals surface area contributed by atoms with Crippen LogP contribution in [0.1, 0.15) is 16.7 Å². The highest BCUT2D eigenvalue weighted by Crippen LogP contribution is 2.44. The molecular formula is C18H24Cl2NO3P. The first-order chi connectivity index (χ1) is 11.3. The van der Waals surface area contributed by atoms with Gasteiger partial charge in [0.05, 0.1) is 12.3 Å². The molecule has 0 fully saturated rings. The Morgan fingerprint density at radius 3 is 2.24 bits per heavy atom. The van der Waals surface area contributed by atoms with Crippen LogP contribution in [-0.2, 0) is 17.3 Å². The molecule has 0 radical (unpaired) electrons. The molecule has 2 aromatic carbocycles. The van der Waals surface area contributed by atoms with Crippen molar-refractivity contribution in [3.8, 4) is 0 Å². The van der Waals surface area contributed by atoms with Crippen LogP contribution in [0.5, 0.6) is 0 Å². The normalized spacial score (nSPS) is 14.4. The van der Waals surface area contributed by atoms with Crippen LogP contribution in [0.4, 0.5) is 0 Å². The first-order valence-electron chi connectivity index (χ1n) is 7.84. The van der Waals surface area contributed by atoms with E-state index >= 15 is 0 Å². The number of halogens is 2. The maximum atomic E-state index is 12.3. The summed E-state index contributed by atoms with van der Waals surface area (Å²) in [7, 11) is -3.41. The number of aliphatic hydroxyl groups is 1. The average molecular weight is 404 g/mol. The second-order valence-electron chi connectivity index (χ2n) is 6.08. The number of benzene rings is 2. The lowest BCUT2D eigenvalue weighted by molar-refractivity contribution is 0.190. The van der Waals surface area contributed by atoms with Gasteiger partial charge in [-0.05, 0) is 30.2 Å². The third kappa shape index (κ3) is 8.37. The van der Waals surface area contributed by atoms with Crippen LogP contribution < -0.4 is 5.32 Å². The molecule has 7 heteroatoms. The van der Waals surface area contributed by atoms with Gasteiger partial charge in [0.15, 0.2) is 0 Å². The molecule has 3 N–H and O–H groups in total. The molecule has 2 rings (SSSR count). The molecule has 0 spiro atoms. The van der Waals surface area contributed by atoms with E-state index in [9.17, 15) is 14.6 Å². The van der Waals surface area contributed by atoms with Gasteiger partial charge in [0.1, 0.15) is 0 Å².